The first-order valence-electron chi connectivity index (χ1n) is 6.46. The monoisotopic (exact) mass is 331 g/mol. The molecular formula is C16H11Cl2N3O. The Morgan fingerprint density at radius 1 is 1.09 bits per heavy atom. The van der Waals surface area contributed by atoms with E-state index in [0.29, 0.717) is 26.9 Å². The van der Waals surface area contributed by atoms with Gasteiger partial charge in [0, 0.05) is 10.4 Å². The smallest absolute Gasteiger partial charge is 0.141 e. The number of aromatic hydroxyl groups is 1. The van der Waals surface area contributed by atoms with Crippen molar-refractivity contribution in [1.82, 2.24) is 4.98 Å². The van der Waals surface area contributed by atoms with E-state index < -0.39 is 0 Å². The van der Waals surface area contributed by atoms with Gasteiger partial charge in [0.05, 0.1) is 22.6 Å². The number of phenolic OH excluding ortho intramolecular Hbond substituents is 1. The maximum absolute atomic E-state index is 9.81. The fraction of sp³-hybridized carbons (Fsp3) is 0. The molecule has 1 aromatic heterocycles. The van der Waals surface area contributed by atoms with Gasteiger partial charge in [-0.3, -0.25) is 5.43 Å². The SMILES string of the molecule is Oc1cccc2ccc(/C=N/Nc3ccc(Cl)cc3Cl)nc12. The Morgan fingerprint density at radius 3 is 2.77 bits per heavy atom. The van der Waals surface area contributed by atoms with Gasteiger partial charge in [0.1, 0.15) is 11.3 Å². The van der Waals surface area contributed by atoms with Gasteiger partial charge in [-0.15, -0.1) is 0 Å². The lowest BCUT2D eigenvalue weighted by Crippen LogP contribution is -1.94. The summed E-state index contributed by atoms with van der Waals surface area (Å²) in [6, 6.07) is 14.0. The zero-order valence-corrected chi connectivity index (χ0v) is 12.8. The number of aromatic nitrogens is 1. The number of rotatable bonds is 3. The number of benzene rings is 2. The lowest BCUT2D eigenvalue weighted by atomic mass is 10.2. The summed E-state index contributed by atoms with van der Waals surface area (Å²) in [6.07, 6.45) is 1.55. The number of nitrogens with one attached hydrogen (secondary N) is 1. The Bertz CT molecular complexity index is 865. The van der Waals surface area contributed by atoms with Crippen LogP contribution in [0, 0.1) is 0 Å². The van der Waals surface area contributed by atoms with Crippen molar-refractivity contribution in [3.05, 3.63) is 64.3 Å². The normalized spacial score (nSPS) is 11.2. The van der Waals surface area contributed by atoms with Crippen LogP contribution in [0.2, 0.25) is 10.0 Å². The standard InChI is InChI=1S/C16H11Cl2N3O/c17-11-5-7-14(13(18)8-11)21-19-9-12-6-4-10-2-1-3-15(22)16(10)20-12/h1-9,21-22H/b19-9+. The molecule has 0 fully saturated rings. The zero-order valence-electron chi connectivity index (χ0n) is 11.3. The number of hydrogen-bond acceptors (Lipinski definition) is 4. The summed E-state index contributed by atoms with van der Waals surface area (Å²) < 4.78 is 0. The molecule has 4 nitrogen and oxygen atoms in total. The van der Waals surface area contributed by atoms with Gasteiger partial charge in [-0.05, 0) is 30.3 Å². The molecule has 2 N–H and O–H groups in total. The predicted molar refractivity (Wildman–Crippen MR) is 91.1 cm³/mol. The third kappa shape index (κ3) is 3.13. The molecule has 1 heterocycles. The van der Waals surface area contributed by atoms with Gasteiger partial charge in [0.25, 0.3) is 0 Å². The number of anilines is 1. The maximum Gasteiger partial charge on any atom is 0.141 e. The summed E-state index contributed by atoms with van der Waals surface area (Å²) in [6.45, 7) is 0. The van der Waals surface area contributed by atoms with E-state index in [2.05, 4.69) is 15.5 Å². The summed E-state index contributed by atoms with van der Waals surface area (Å²) >= 11 is 11.9. The highest BCUT2D eigenvalue weighted by atomic mass is 35.5. The Morgan fingerprint density at radius 2 is 1.95 bits per heavy atom. The summed E-state index contributed by atoms with van der Waals surface area (Å²) in [5.41, 5.74) is 4.63. The molecule has 0 saturated carbocycles. The van der Waals surface area contributed by atoms with E-state index in [-0.39, 0.29) is 5.75 Å². The quantitative estimate of drug-likeness (QED) is 0.540. The van der Waals surface area contributed by atoms with E-state index in [1.807, 2.05) is 18.2 Å². The second-order valence-electron chi connectivity index (χ2n) is 4.58. The van der Waals surface area contributed by atoms with Gasteiger partial charge in [-0.1, -0.05) is 41.4 Å². The summed E-state index contributed by atoms with van der Waals surface area (Å²) in [5.74, 6) is 0.140. The van der Waals surface area contributed by atoms with Crippen LogP contribution < -0.4 is 5.43 Å². The Labute approximate surface area is 137 Å². The van der Waals surface area contributed by atoms with E-state index in [1.165, 1.54) is 0 Å². The van der Waals surface area contributed by atoms with Gasteiger partial charge in [-0.2, -0.15) is 5.10 Å². The number of pyridine rings is 1. The summed E-state index contributed by atoms with van der Waals surface area (Å²) in [4.78, 5) is 4.35. The van der Waals surface area contributed by atoms with Crippen LogP contribution in [0.1, 0.15) is 5.69 Å². The highest BCUT2D eigenvalue weighted by Gasteiger charge is 2.02. The van der Waals surface area contributed by atoms with Crippen LogP contribution >= 0.6 is 23.2 Å². The van der Waals surface area contributed by atoms with Crippen molar-refractivity contribution in [1.29, 1.82) is 0 Å². The van der Waals surface area contributed by atoms with Crippen LogP contribution in [0.3, 0.4) is 0 Å². The van der Waals surface area contributed by atoms with Crippen LogP contribution in [0.5, 0.6) is 5.75 Å². The molecule has 3 rings (SSSR count). The second kappa shape index (κ2) is 6.22. The average Bonchev–Trinajstić information content (AvgIpc) is 2.50. The Kier molecular flexibility index (Phi) is 4.13. The maximum atomic E-state index is 9.81. The molecular weight excluding hydrogens is 321 g/mol. The molecule has 0 aliphatic rings. The van der Waals surface area contributed by atoms with Gasteiger partial charge < -0.3 is 5.11 Å². The Balaban J connectivity index is 1.82. The fourth-order valence-corrected chi connectivity index (χ4v) is 2.42. The summed E-state index contributed by atoms with van der Waals surface area (Å²) in [5, 5.41) is 15.8. The first-order chi connectivity index (χ1) is 10.6. The van der Waals surface area contributed by atoms with E-state index >= 15 is 0 Å². The first kappa shape index (κ1) is 14.6. The van der Waals surface area contributed by atoms with Crippen molar-refractivity contribution in [3.8, 4) is 5.75 Å². The predicted octanol–water partition coefficient (Wildman–Crippen LogP) is 4.69. The number of hydrogen-bond donors (Lipinski definition) is 2. The molecule has 0 aliphatic carbocycles. The number of fused-ring (bicyclic) bond motifs is 1. The van der Waals surface area contributed by atoms with Crippen molar-refractivity contribution in [2.75, 3.05) is 5.43 Å². The largest absolute Gasteiger partial charge is 0.506 e. The molecule has 0 aliphatic heterocycles. The molecule has 0 saturated heterocycles. The number of halogens is 2. The molecule has 0 amide bonds. The van der Waals surface area contributed by atoms with Gasteiger partial charge in [-0.25, -0.2) is 4.98 Å². The molecule has 0 spiro atoms. The fourth-order valence-electron chi connectivity index (χ4n) is 1.97. The Hall–Kier alpha value is -2.30. The minimum Gasteiger partial charge on any atom is -0.506 e. The first-order valence-corrected chi connectivity index (χ1v) is 7.22. The van der Waals surface area contributed by atoms with E-state index in [0.717, 1.165) is 5.39 Å². The van der Waals surface area contributed by atoms with Gasteiger partial charge in [0.2, 0.25) is 0 Å². The minimum atomic E-state index is 0.140. The third-order valence-corrected chi connectivity index (χ3v) is 3.58. The van der Waals surface area contributed by atoms with Crippen LogP contribution in [0.15, 0.2) is 53.6 Å². The van der Waals surface area contributed by atoms with Gasteiger partial charge in [0.15, 0.2) is 0 Å². The molecule has 3 aromatic rings. The highest BCUT2D eigenvalue weighted by molar-refractivity contribution is 6.36. The highest BCUT2D eigenvalue weighted by Crippen LogP contribution is 2.25. The number of phenols is 1. The number of para-hydroxylation sites is 1. The van der Waals surface area contributed by atoms with Crippen LogP contribution in [-0.2, 0) is 0 Å². The molecule has 2 aromatic carbocycles. The van der Waals surface area contributed by atoms with Crippen molar-refractivity contribution >= 4 is 46.0 Å². The average molecular weight is 332 g/mol. The molecule has 0 radical (unpaired) electrons. The van der Waals surface area contributed by atoms with Crippen molar-refractivity contribution in [2.24, 2.45) is 5.10 Å². The molecule has 0 atom stereocenters. The number of hydrazone groups is 1. The van der Waals surface area contributed by atoms with Crippen LogP contribution in [0.25, 0.3) is 10.9 Å². The van der Waals surface area contributed by atoms with E-state index in [1.54, 1.807) is 36.5 Å². The van der Waals surface area contributed by atoms with E-state index in [9.17, 15) is 5.11 Å². The lowest BCUT2D eigenvalue weighted by Gasteiger charge is -2.03. The van der Waals surface area contributed by atoms with Crippen molar-refractivity contribution in [3.63, 3.8) is 0 Å². The van der Waals surface area contributed by atoms with Crippen molar-refractivity contribution in [2.45, 2.75) is 0 Å². The van der Waals surface area contributed by atoms with Gasteiger partial charge >= 0.3 is 0 Å². The summed E-state index contributed by atoms with van der Waals surface area (Å²) in [7, 11) is 0. The molecule has 0 unspecified atom stereocenters. The van der Waals surface area contributed by atoms with Crippen LogP contribution in [0.4, 0.5) is 5.69 Å². The van der Waals surface area contributed by atoms with Crippen molar-refractivity contribution < 1.29 is 5.11 Å². The number of nitrogens with zero attached hydrogens (tertiary/aromatic N) is 2. The lowest BCUT2D eigenvalue weighted by molar-refractivity contribution is 0.480. The molecule has 6 heteroatoms. The molecule has 22 heavy (non-hydrogen) atoms. The topological polar surface area (TPSA) is 57.5 Å². The molecule has 0 bridgehead atoms. The minimum absolute atomic E-state index is 0.140. The zero-order chi connectivity index (χ0) is 15.5. The van der Waals surface area contributed by atoms with Crippen LogP contribution in [-0.4, -0.2) is 16.3 Å². The molecule has 110 valence electrons. The second-order valence-corrected chi connectivity index (χ2v) is 5.42. The van der Waals surface area contributed by atoms with E-state index in [4.69, 9.17) is 23.2 Å². The third-order valence-electron chi connectivity index (χ3n) is 3.03.